The van der Waals surface area contributed by atoms with E-state index in [1.165, 1.54) is 19.2 Å². The number of aromatic amines is 1. The minimum absolute atomic E-state index is 0.140. The van der Waals surface area contributed by atoms with Crippen molar-refractivity contribution in [3.05, 3.63) is 65.0 Å². The third kappa shape index (κ3) is 3.98. The Morgan fingerprint density at radius 1 is 1.24 bits per heavy atom. The highest BCUT2D eigenvalue weighted by Crippen LogP contribution is 2.41. The highest BCUT2D eigenvalue weighted by atomic mass is 35.5. The fourth-order valence-corrected chi connectivity index (χ4v) is 4.88. The number of aromatic nitrogens is 4. The van der Waals surface area contributed by atoms with Crippen molar-refractivity contribution in [1.82, 2.24) is 25.1 Å². The summed E-state index contributed by atoms with van der Waals surface area (Å²) in [7, 11) is 1.46. The summed E-state index contributed by atoms with van der Waals surface area (Å²) >= 11 is 6.26. The molecule has 0 radical (unpaired) electrons. The second-order valence-electron chi connectivity index (χ2n) is 8.24. The van der Waals surface area contributed by atoms with Gasteiger partial charge in [0.1, 0.15) is 23.9 Å². The predicted octanol–water partition coefficient (Wildman–Crippen LogP) is 5.25. The van der Waals surface area contributed by atoms with Crippen molar-refractivity contribution in [2.75, 3.05) is 26.9 Å². The molecule has 3 aromatic heterocycles. The van der Waals surface area contributed by atoms with Crippen molar-refractivity contribution in [3.63, 3.8) is 0 Å². The van der Waals surface area contributed by atoms with E-state index in [-0.39, 0.29) is 10.6 Å². The topological polar surface area (TPSA) is 67.8 Å². The van der Waals surface area contributed by atoms with Gasteiger partial charge >= 0.3 is 0 Å². The molecule has 1 saturated heterocycles. The quantitative estimate of drug-likeness (QED) is 0.403. The van der Waals surface area contributed by atoms with Gasteiger partial charge in [0, 0.05) is 46.6 Å². The van der Waals surface area contributed by atoms with Crippen LogP contribution in [-0.4, -0.2) is 46.6 Å². The first-order valence-electron chi connectivity index (χ1n) is 10.9. The molecular formula is C24H24ClF2N5O. The molecular weight excluding hydrogens is 448 g/mol. The molecule has 0 saturated carbocycles. The van der Waals surface area contributed by atoms with Crippen LogP contribution in [0.1, 0.15) is 35.9 Å². The minimum atomic E-state index is -0.814. The fourth-order valence-electron chi connectivity index (χ4n) is 4.59. The summed E-state index contributed by atoms with van der Waals surface area (Å²) in [5.41, 5.74) is 3.35. The molecule has 1 aliphatic rings. The van der Waals surface area contributed by atoms with Gasteiger partial charge in [-0.3, -0.25) is 9.07 Å². The van der Waals surface area contributed by atoms with Gasteiger partial charge in [-0.15, -0.1) is 0 Å². The second kappa shape index (κ2) is 9.11. The Hall–Kier alpha value is -2.97. The Morgan fingerprint density at radius 3 is 2.82 bits per heavy atom. The summed E-state index contributed by atoms with van der Waals surface area (Å²) in [6, 6.07) is 5.01. The van der Waals surface area contributed by atoms with E-state index in [0.29, 0.717) is 23.0 Å². The number of nitrogens with one attached hydrogen (secondary N) is 2. The van der Waals surface area contributed by atoms with Gasteiger partial charge in [0.2, 0.25) is 0 Å². The average molecular weight is 472 g/mol. The summed E-state index contributed by atoms with van der Waals surface area (Å²) in [5, 5.41) is 8.53. The molecule has 172 valence electrons. The number of hydrogen-bond acceptors (Lipinski definition) is 4. The number of pyridine rings is 1. The Labute approximate surface area is 194 Å². The van der Waals surface area contributed by atoms with Crippen LogP contribution in [0.25, 0.3) is 22.2 Å². The van der Waals surface area contributed by atoms with Crippen LogP contribution in [0.2, 0.25) is 5.02 Å². The number of methoxy groups -OCH3 is 1. The molecule has 4 heterocycles. The zero-order valence-corrected chi connectivity index (χ0v) is 18.9. The van der Waals surface area contributed by atoms with Gasteiger partial charge in [-0.2, -0.15) is 5.10 Å². The Kier molecular flexibility index (Phi) is 6.03. The van der Waals surface area contributed by atoms with E-state index in [9.17, 15) is 8.78 Å². The zero-order chi connectivity index (χ0) is 22.9. The number of piperidine rings is 1. The lowest BCUT2D eigenvalue weighted by atomic mass is 9.91. The molecule has 33 heavy (non-hydrogen) atoms. The van der Waals surface area contributed by atoms with Crippen molar-refractivity contribution < 1.29 is 13.5 Å². The first-order chi connectivity index (χ1) is 16.1. The van der Waals surface area contributed by atoms with Crippen LogP contribution >= 0.6 is 11.6 Å². The van der Waals surface area contributed by atoms with E-state index in [1.54, 1.807) is 12.4 Å². The molecule has 1 aliphatic heterocycles. The first kappa shape index (κ1) is 21.9. The zero-order valence-electron chi connectivity index (χ0n) is 18.1. The molecule has 4 aromatic rings. The molecule has 0 spiro atoms. The van der Waals surface area contributed by atoms with E-state index in [1.807, 2.05) is 23.1 Å². The number of benzene rings is 1. The number of nitrogens with zero attached hydrogens (tertiary/aromatic N) is 3. The number of H-pyrrole nitrogens is 1. The molecule has 9 heteroatoms. The minimum Gasteiger partial charge on any atom is -0.496 e. The summed E-state index contributed by atoms with van der Waals surface area (Å²) < 4.78 is 36.0. The van der Waals surface area contributed by atoms with E-state index in [4.69, 9.17) is 16.3 Å². The third-order valence-corrected chi connectivity index (χ3v) is 6.76. The summed E-state index contributed by atoms with van der Waals surface area (Å²) in [4.78, 5) is 7.63. The van der Waals surface area contributed by atoms with Crippen LogP contribution in [0.15, 0.2) is 43.0 Å². The number of rotatable bonds is 6. The molecule has 0 bridgehead atoms. The summed E-state index contributed by atoms with van der Waals surface area (Å²) in [6.07, 6.45) is 9.40. The summed E-state index contributed by atoms with van der Waals surface area (Å²) in [6.45, 7) is 1.19. The Balaban J connectivity index is 1.55. The third-order valence-electron chi connectivity index (χ3n) is 6.37. The van der Waals surface area contributed by atoms with Crippen LogP contribution in [0.5, 0.6) is 5.75 Å². The van der Waals surface area contributed by atoms with Crippen LogP contribution in [-0.2, 0) is 0 Å². The smallest absolute Gasteiger partial charge is 0.142 e. The van der Waals surface area contributed by atoms with Gasteiger partial charge in [0.25, 0.3) is 0 Å². The van der Waals surface area contributed by atoms with Gasteiger partial charge in [0.05, 0.1) is 24.4 Å². The van der Waals surface area contributed by atoms with Crippen LogP contribution in [0, 0.1) is 5.82 Å². The van der Waals surface area contributed by atoms with Crippen molar-refractivity contribution in [3.8, 4) is 16.9 Å². The Morgan fingerprint density at radius 2 is 2.06 bits per heavy atom. The van der Waals surface area contributed by atoms with E-state index in [2.05, 4.69) is 20.4 Å². The Bertz CT molecular complexity index is 1280. The van der Waals surface area contributed by atoms with Gasteiger partial charge in [-0.1, -0.05) is 11.6 Å². The van der Waals surface area contributed by atoms with E-state index >= 15 is 0 Å². The number of hydrogen-bond donors (Lipinski definition) is 2. The van der Waals surface area contributed by atoms with E-state index < -0.39 is 18.4 Å². The molecule has 1 fully saturated rings. The highest BCUT2D eigenvalue weighted by molar-refractivity contribution is 6.31. The number of halogens is 3. The molecule has 0 unspecified atom stereocenters. The predicted molar refractivity (Wildman–Crippen MR) is 124 cm³/mol. The fraction of sp³-hybridized carbons (Fsp3) is 0.333. The molecule has 2 N–H and O–H groups in total. The van der Waals surface area contributed by atoms with Crippen molar-refractivity contribution in [2.24, 2.45) is 0 Å². The highest BCUT2D eigenvalue weighted by Gasteiger charge is 2.26. The number of alkyl halides is 1. The van der Waals surface area contributed by atoms with Crippen LogP contribution in [0.4, 0.5) is 8.78 Å². The lowest BCUT2D eigenvalue weighted by molar-refractivity contribution is 0.343. The largest absolute Gasteiger partial charge is 0.496 e. The second-order valence-corrected chi connectivity index (χ2v) is 8.62. The molecule has 5 rings (SSSR count). The standard InChI is InChI=1S/C24H24ClF2N5O/c1-33-21-3-2-20(27)23(25)22(21)18(9-26)19-12-30-24-17(19)8-14(10-29-24)15-11-31-32(13-15)16-4-6-28-7-5-16/h2-3,8,10-13,16,18,28H,4-7,9H2,1H3,(H,29,30)/t18-/m0/s1. The molecule has 0 aliphatic carbocycles. The van der Waals surface area contributed by atoms with E-state index in [0.717, 1.165) is 42.4 Å². The van der Waals surface area contributed by atoms with Gasteiger partial charge in [-0.25, -0.2) is 9.37 Å². The number of ether oxygens (including phenoxy) is 1. The van der Waals surface area contributed by atoms with Gasteiger partial charge < -0.3 is 15.0 Å². The molecule has 1 aromatic carbocycles. The normalized spacial score (nSPS) is 15.8. The van der Waals surface area contributed by atoms with Crippen molar-refractivity contribution in [1.29, 1.82) is 0 Å². The van der Waals surface area contributed by atoms with Crippen molar-refractivity contribution in [2.45, 2.75) is 24.8 Å². The molecule has 6 nitrogen and oxygen atoms in total. The molecule has 0 amide bonds. The van der Waals surface area contributed by atoms with Crippen LogP contribution in [0.3, 0.4) is 0 Å². The SMILES string of the molecule is COc1ccc(F)c(Cl)c1[C@@H](CF)c1c[nH]c2ncc(-c3cnn(C4CCNCC4)c3)cc12. The first-order valence-corrected chi connectivity index (χ1v) is 11.3. The number of fused-ring (bicyclic) bond motifs is 1. The maximum Gasteiger partial charge on any atom is 0.142 e. The summed E-state index contributed by atoms with van der Waals surface area (Å²) in [5.74, 6) is -1.09. The maximum atomic E-state index is 14.4. The van der Waals surface area contributed by atoms with Gasteiger partial charge in [0.15, 0.2) is 0 Å². The van der Waals surface area contributed by atoms with Crippen LogP contribution < -0.4 is 10.1 Å². The average Bonchev–Trinajstić information content (AvgIpc) is 3.50. The maximum absolute atomic E-state index is 14.4. The van der Waals surface area contributed by atoms with Gasteiger partial charge in [-0.05, 0) is 49.7 Å². The molecule has 1 atom stereocenters. The monoisotopic (exact) mass is 471 g/mol. The lowest BCUT2D eigenvalue weighted by Crippen LogP contribution is -2.29. The van der Waals surface area contributed by atoms with Crippen molar-refractivity contribution >= 4 is 22.6 Å². The lowest BCUT2D eigenvalue weighted by Gasteiger charge is -2.22.